The molecule has 6 nitrogen and oxygen atoms in total. The van der Waals surface area contributed by atoms with Crippen LogP contribution in [-0.2, 0) is 9.53 Å². The predicted molar refractivity (Wildman–Crippen MR) is 101 cm³/mol. The number of ether oxygens (including phenoxy) is 1. The summed E-state index contributed by atoms with van der Waals surface area (Å²) < 4.78 is 5.57. The number of hydrogen-bond acceptors (Lipinski definition) is 3. The molecule has 3 heterocycles. The highest BCUT2D eigenvalue weighted by Gasteiger charge is 2.40. The first kappa shape index (κ1) is 17.0. The Morgan fingerprint density at radius 3 is 2.33 bits per heavy atom. The number of nitrogens with zero attached hydrogens (tertiary/aromatic N) is 2. The minimum atomic E-state index is -0.0834. The Labute approximate surface area is 159 Å². The molecule has 1 aromatic carbocycles. The third-order valence-electron chi connectivity index (χ3n) is 6.73. The quantitative estimate of drug-likeness (QED) is 0.868. The summed E-state index contributed by atoms with van der Waals surface area (Å²) >= 11 is 0. The summed E-state index contributed by atoms with van der Waals surface area (Å²) in [5, 5.41) is 2.96. The van der Waals surface area contributed by atoms with Gasteiger partial charge >= 0.3 is 6.03 Å². The van der Waals surface area contributed by atoms with Crippen LogP contribution in [0.5, 0.6) is 0 Å². The second-order valence-electron chi connectivity index (χ2n) is 8.44. The number of carbonyl (C=O) groups excluding carboxylic acids is 2. The van der Waals surface area contributed by atoms with E-state index >= 15 is 0 Å². The van der Waals surface area contributed by atoms with E-state index < -0.39 is 0 Å². The molecule has 4 aliphatic rings. The number of amides is 3. The van der Waals surface area contributed by atoms with Crippen molar-refractivity contribution < 1.29 is 14.3 Å². The zero-order valence-electron chi connectivity index (χ0n) is 15.6. The van der Waals surface area contributed by atoms with E-state index in [9.17, 15) is 9.59 Å². The van der Waals surface area contributed by atoms with E-state index in [1.54, 1.807) is 0 Å². The highest BCUT2D eigenvalue weighted by molar-refractivity contribution is 5.79. The number of morpholine rings is 1. The third-order valence-corrected chi connectivity index (χ3v) is 6.73. The van der Waals surface area contributed by atoms with E-state index in [-0.39, 0.29) is 30.7 Å². The molecule has 6 heteroatoms. The van der Waals surface area contributed by atoms with Crippen molar-refractivity contribution in [3.8, 4) is 0 Å². The third kappa shape index (κ3) is 3.20. The lowest BCUT2D eigenvalue weighted by atomic mass is 9.79. The van der Waals surface area contributed by atoms with Gasteiger partial charge in [0.25, 0.3) is 0 Å². The van der Waals surface area contributed by atoms with Crippen molar-refractivity contribution in [2.24, 2.45) is 0 Å². The number of rotatable bonds is 2. The Balaban J connectivity index is 1.15. The van der Waals surface area contributed by atoms with E-state index in [1.807, 2.05) is 9.80 Å². The lowest BCUT2D eigenvalue weighted by Crippen LogP contribution is -2.63. The molecule has 2 unspecified atom stereocenters. The second kappa shape index (κ2) is 6.82. The number of urea groups is 1. The molecule has 0 radical (unpaired) electrons. The largest absolute Gasteiger partial charge is 0.366 e. The van der Waals surface area contributed by atoms with Crippen LogP contribution in [0, 0.1) is 0 Å². The summed E-state index contributed by atoms with van der Waals surface area (Å²) in [5.74, 6) is 1.13. The molecule has 0 spiro atoms. The fraction of sp³-hybridized carbons (Fsp3) is 0.619. The lowest BCUT2D eigenvalue weighted by Gasteiger charge is -2.46. The monoisotopic (exact) mass is 369 g/mol. The van der Waals surface area contributed by atoms with Crippen LogP contribution >= 0.6 is 0 Å². The van der Waals surface area contributed by atoms with E-state index in [1.165, 1.54) is 30.4 Å². The summed E-state index contributed by atoms with van der Waals surface area (Å²) in [6.45, 7) is 2.96. The molecule has 1 aliphatic carbocycles. The molecule has 1 aromatic rings. The van der Waals surface area contributed by atoms with Crippen LogP contribution in [0.1, 0.15) is 48.6 Å². The summed E-state index contributed by atoms with van der Waals surface area (Å²) in [4.78, 5) is 28.1. The van der Waals surface area contributed by atoms with Gasteiger partial charge < -0.3 is 19.9 Å². The van der Waals surface area contributed by atoms with E-state index in [0.717, 1.165) is 25.4 Å². The number of carbonyl (C=O) groups is 2. The fourth-order valence-corrected chi connectivity index (χ4v) is 4.70. The van der Waals surface area contributed by atoms with Gasteiger partial charge in [0.1, 0.15) is 6.61 Å². The average molecular weight is 369 g/mol. The Morgan fingerprint density at radius 2 is 1.67 bits per heavy atom. The highest BCUT2D eigenvalue weighted by Crippen LogP contribution is 2.37. The number of likely N-dealkylation sites (tertiary alicyclic amines) is 2. The van der Waals surface area contributed by atoms with Gasteiger partial charge in [-0.05, 0) is 36.3 Å². The summed E-state index contributed by atoms with van der Waals surface area (Å²) in [7, 11) is 0. The number of piperidine rings is 1. The molecule has 1 N–H and O–H groups in total. The topological polar surface area (TPSA) is 61.9 Å². The van der Waals surface area contributed by atoms with Crippen molar-refractivity contribution in [2.45, 2.75) is 49.7 Å². The van der Waals surface area contributed by atoms with Crippen LogP contribution in [0.4, 0.5) is 4.79 Å². The maximum absolute atomic E-state index is 12.8. The smallest absolute Gasteiger partial charge is 0.320 e. The first-order chi connectivity index (χ1) is 13.2. The molecule has 2 atom stereocenters. The molecule has 0 aromatic heterocycles. The van der Waals surface area contributed by atoms with Crippen LogP contribution in [0.25, 0.3) is 0 Å². The summed E-state index contributed by atoms with van der Waals surface area (Å²) in [6.07, 6.45) is 4.85. The Morgan fingerprint density at radius 1 is 0.963 bits per heavy atom. The van der Waals surface area contributed by atoms with Gasteiger partial charge in [-0.25, -0.2) is 4.79 Å². The minimum absolute atomic E-state index is 0.0464. The van der Waals surface area contributed by atoms with Crippen molar-refractivity contribution >= 4 is 11.9 Å². The standard InChI is InChI=1S/C21H27N3O3/c25-20-13-27-19-8-9-23(12-18(19)22-20)21(26)24-10-17(11-24)16-6-4-15(5-7-16)14-2-1-3-14/h4-7,14,17-19H,1-3,8-13H2,(H,22,25). The number of hydrogen-bond donors (Lipinski definition) is 1. The molecule has 3 aliphatic heterocycles. The van der Waals surface area contributed by atoms with Gasteiger partial charge in [-0.3, -0.25) is 4.79 Å². The highest BCUT2D eigenvalue weighted by atomic mass is 16.5. The molecule has 3 amide bonds. The zero-order valence-corrected chi connectivity index (χ0v) is 15.6. The number of benzene rings is 1. The van der Waals surface area contributed by atoms with Crippen molar-refractivity contribution in [1.82, 2.24) is 15.1 Å². The van der Waals surface area contributed by atoms with E-state index in [2.05, 4.69) is 29.6 Å². The number of nitrogens with one attached hydrogen (secondary N) is 1. The van der Waals surface area contributed by atoms with E-state index in [4.69, 9.17) is 4.74 Å². The molecule has 0 bridgehead atoms. The molecule has 4 fully saturated rings. The number of fused-ring (bicyclic) bond motifs is 1. The van der Waals surface area contributed by atoms with Gasteiger partial charge in [0.05, 0.1) is 12.1 Å². The Kier molecular flexibility index (Phi) is 4.31. The van der Waals surface area contributed by atoms with Crippen molar-refractivity contribution in [1.29, 1.82) is 0 Å². The van der Waals surface area contributed by atoms with Crippen LogP contribution < -0.4 is 5.32 Å². The van der Waals surface area contributed by atoms with Gasteiger partial charge in [0.15, 0.2) is 0 Å². The van der Waals surface area contributed by atoms with Gasteiger partial charge in [0.2, 0.25) is 5.91 Å². The predicted octanol–water partition coefficient (Wildman–Crippen LogP) is 2.06. The van der Waals surface area contributed by atoms with Gasteiger partial charge in [0, 0.05) is 32.1 Å². The average Bonchev–Trinajstić information content (AvgIpc) is 2.59. The van der Waals surface area contributed by atoms with Crippen molar-refractivity contribution in [3.05, 3.63) is 35.4 Å². The maximum atomic E-state index is 12.8. The molecule has 144 valence electrons. The maximum Gasteiger partial charge on any atom is 0.320 e. The van der Waals surface area contributed by atoms with Gasteiger partial charge in [-0.15, -0.1) is 0 Å². The molecule has 1 saturated carbocycles. The normalized spacial score (nSPS) is 28.8. The zero-order chi connectivity index (χ0) is 18.4. The summed E-state index contributed by atoms with van der Waals surface area (Å²) in [5.41, 5.74) is 2.81. The summed E-state index contributed by atoms with van der Waals surface area (Å²) in [6, 6.07) is 9.08. The molecule has 27 heavy (non-hydrogen) atoms. The minimum Gasteiger partial charge on any atom is -0.366 e. The van der Waals surface area contributed by atoms with Crippen LogP contribution in [0.2, 0.25) is 0 Å². The Bertz CT molecular complexity index is 725. The van der Waals surface area contributed by atoms with Crippen LogP contribution in [0.15, 0.2) is 24.3 Å². The fourth-order valence-electron chi connectivity index (χ4n) is 4.70. The first-order valence-electron chi connectivity index (χ1n) is 10.2. The van der Waals surface area contributed by atoms with Crippen LogP contribution in [0.3, 0.4) is 0 Å². The first-order valence-corrected chi connectivity index (χ1v) is 10.2. The van der Waals surface area contributed by atoms with Crippen LogP contribution in [-0.4, -0.2) is 66.7 Å². The van der Waals surface area contributed by atoms with Gasteiger partial charge in [-0.2, -0.15) is 0 Å². The lowest BCUT2D eigenvalue weighted by molar-refractivity contribution is -0.139. The SMILES string of the molecule is O=C1COC2CCN(C(=O)N3CC(c4ccc(C5CCC5)cc4)C3)CC2N1. The molecule has 5 rings (SSSR count). The van der Waals surface area contributed by atoms with Crippen molar-refractivity contribution in [3.63, 3.8) is 0 Å². The molecular formula is C21H27N3O3. The second-order valence-corrected chi connectivity index (χ2v) is 8.44. The Hall–Kier alpha value is -2.08. The molecule has 3 saturated heterocycles. The van der Waals surface area contributed by atoms with E-state index in [0.29, 0.717) is 19.0 Å². The molecular weight excluding hydrogens is 342 g/mol. The van der Waals surface area contributed by atoms with Gasteiger partial charge in [-0.1, -0.05) is 30.7 Å². The van der Waals surface area contributed by atoms with Crippen molar-refractivity contribution in [2.75, 3.05) is 32.8 Å².